The number of carbonyl (C=O) groups is 1. The zero-order chi connectivity index (χ0) is 35.4. The molecule has 0 unspecified atom stereocenters. The Morgan fingerprint density at radius 2 is 1.82 bits per heavy atom. The number of carbonyl (C=O) groups excluding carboxylic acids is 1. The molecule has 3 heterocycles. The van der Waals surface area contributed by atoms with Crippen LogP contribution in [0.5, 0.6) is 11.5 Å². The van der Waals surface area contributed by atoms with Gasteiger partial charge in [0.1, 0.15) is 11.0 Å². The topological polar surface area (TPSA) is 184 Å². The number of ether oxygens (including phenoxy) is 4. The molecule has 2 aromatic carbocycles. The summed E-state index contributed by atoms with van der Waals surface area (Å²) in [7, 11) is -7.68. The van der Waals surface area contributed by atoms with E-state index in [9.17, 15) is 31.8 Å². The van der Waals surface area contributed by atoms with Crippen LogP contribution >= 0.6 is 0 Å². The lowest BCUT2D eigenvalue weighted by Crippen LogP contribution is -2.61. The molecule has 0 spiro atoms. The summed E-state index contributed by atoms with van der Waals surface area (Å²) in [5, 5.41) is 25.0. The number of hydrogen-bond acceptors (Lipinski definition) is 11. The van der Waals surface area contributed by atoms with Crippen LogP contribution in [-0.4, -0.2) is 108 Å². The van der Waals surface area contributed by atoms with E-state index in [1.807, 2.05) is 44.2 Å². The second-order valence-electron chi connectivity index (χ2n) is 13.7. The zero-order valence-electron chi connectivity index (χ0n) is 28.0. The van der Waals surface area contributed by atoms with Gasteiger partial charge in [-0.3, -0.25) is 0 Å². The van der Waals surface area contributed by atoms with Crippen molar-refractivity contribution in [2.24, 2.45) is 11.3 Å². The van der Waals surface area contributed by atoms with Gasteiger partial charge in [0.25, 0.3) is 0 Å². The first-order valence-electron chi connectivity index (χ1n) is 16.4. The maximum atomic E-state index is 14.5. The molecule has 272 valence electrons. The Bertz CT molecular complexity index is 1660. The average Bonchev–Trinajstić information content (AvgIpc) is 3.78. The second kappa shape index (κ2) is 15.5. The van der Waals surface area contributed by atoms with E-state index in [4.69, 9.17) is 18.9 Å². The SMILES string of the molecule is CC(C)(CCCCNS(C)(=O)=O)CN(C[C@@H](O)[C@H](Cc1ccccc1)N(C(=O)[O-])[C@H]1CO[C@H]2OCC[C@H]21)S(=O)(=O)c1cccc2c1OCO2. The van der Waals surface area contributed by atoms with Gasteiger partial charge in [-0.15, -0.1) is 0 Å². The molecule has 3 aliphatic rings. The van der Waals surface area contributed by atoms with Crippen LogP contribution in [0.1, 0.15) is 45.1 Å². The van der Waals surface area contributed by atoms with Gasteiger partial charge in [0.2, 0.25) is 26.8 Å². The summed E-state index contributed by atoms with van der Waals surface area (Å²) in [6, 6.07) is 11.9. The van der Waals surface area contributed by atoms with E-state index in [1.165, 1.54) is 10.4 Å². The van der Waals surface area contributed by atoms with Crippen LogP contribution in [0.4, 0.5) is 4.79 Å². The van der Waals surface area contributed by atoms with E-state index in [1.54, 1.807) is 12.1 Å². The van der Waals surface area contributed by atoms with Gasteiger partial charge in [-0.2, -0.15) is 4.31 Å². The van der Waals surface area contributed by atoms with Crippen molar-refractivity contribution in [2.75, 3.05) is 45.9 Å². The van der Waals surface area contributed by atoms with Gasteiger partial charge in [0.15, 0.2) is 17.8 Å². The molecule has 49 heavy (non-hydrogen) atoms. The van der Waals surface area contributed by atoms with Crippen molar-refractivity contribution >= 4 is 26.1 Å². The summed E-state index contributed by atoms with van der Waals surface area (Å²) >= 11 is 0. The third-order valence-corrected chi connectivity index (χ3v) is 11.8. The highest BCUT2D eigenvalue weighted by atomic mass is 32.2. The Morgan fingerprint density at radius 3 is 2.53 bits per heavy atom. The van der Waals surface area contributed by atoms with Crippen LogP contribution in [0.15, 0.2) is 53.4 Å². The lowest BCUT2D eigenvalue weighted by atomic mass is 9.87. The van der Waals surface area contributed by atoms with Gasteiger partial charge in [-0.05, 0) is 48.8 Å². The molecule has 14 nitrogen and oxygen atoms in total. The first kappa shape index (κ1) is 37.3. The number of unbranched alkanes of at least 4 members (excludes halogenated alkanes) is 1. The Kier molecular flexibility index (Phi) is 11.8. The van der Waals surface area contributed by atoms with Gasteiger partial charge >= 0.3 is 0 Å². The van der Waals surface area contributed by atoms with E-state index >= 15 is 0 Å². The number of hydrogen-bond donors (Lipinski definition) is 2. The first-order chi connectivity index (χ1) is 23.2. The number of sulfonamides is 2. The van der Waals surface area contributed by atoms with Gasteiger partial charge in [0.05, 0.1) is 37.7 Å². The van der Waals surface area contributed by atoms with E-state index in [-0.39, 0.29) is 55.2 Å². The fourth-order valence-corrected chi connectivity index (χ4v) is 9.19. The standard InChI is InChI=1S/C33H47N3O11S2/c1-33(2,15-7-8-16-34-48(3,40)41)21-35(49(42,43)29-13-9-12-28-30(29)47-22-46-28)19-27(37)25(18-23-10-5-4-6-11-23)36(32(38)39)26-20-45-31-24(26)14-17-44-31/h4-6,9-13,24-27,31,34,37H,7-8,14-22H2,1-3H3,(H,38,39)/p-1/t24-,25-,26-,27+,31+/m0/s1. The lowest BCUT2D eigenvalue weighted by Gasteiger charge is -2.43. The van der Waals surface area contributed by atoms with Crippen LogP contribution in [0.2, 0.25) is 0 Å². The summed E-state index contributed by atoms with van der Waals surface area (Å²) in [5.41, 5.74) is 0.115. The van der Waals surface area contributed by atoms with Crippen molar-refractivity contribution in [3.05, 3.63) is 54.1 Å². The molecule has 5 rings (SSSR count). The number of amides is 1. The highest BCUT2D eigenvalue weighted by Crippen LogP contribution is 2.41. The third kappa shape index (κ3) is 9.22. The maximum Gasteiger partial charge on any atom is 0.247 e. The normalized spacial score (nSPS) is 21.9. The fourth-order valence-electron chi connectivity index (χ4n) is 6.89. The molecule has 5 atom stereocenters. The number of nitrogens with zero attached hydrogens (tertiary/aromatic N) is 2. The summed E-state index contributed by atoms with van der Waals surface area (Å²) in [6.07, 6.45) is -0.114. The van der Waals surface area contributed by atoms with E-state index in [0.717, 1.165) is 16.7 Å². The fraction of sp³-hybridized carbons (Fsp3) is 0.606. The predicted octanol–water partition coefficient (Wildman–Crippen LogP) is 1.53. The van der Waals surface area contributed by atoms with Crippen LogP contribution in [0.3, 0.4) is 0 Å². The van der Waals surface area contributed by atoms with Gasteiger partial charge < -0.3 is 38.9 Å². The Morgan fingerprint density at radius 1 is 1.06 bits per heavy atom. The van der Waals surface area contributed by atoms with E-state index < -0.39 is 62.6 Å². The summed E-state index contributed by atoms with van der Waals surface area (Å²) in [4.78, 5) is 13.9. The largest absolute Gasteiger partial charge is 0.530 e. The highest BCUT2D eigenvalue weighted by molar-refractivity contribution is 7.89. The highest BCUT2D eigenvalue weighted by Gasteiger charge is 2.48. The molecule has 3 aliphatic heterocycles. The summed E-state index contributed by atoms with van der Waals surface area (Å²) in [6.45, 7) is 3.89. The molecule has 1 amide bonds. The molecule has 0 aromatic heterocycles. The number of aliphatic hydroxyl groups excluding tert-OH is 1. The number of rotatable bonds is 17. The molecule has 0 radical (unpaired) electrons. The summed E-state index contributed by atoms with van der Waals surface area (Å²) < 4.78 is 78.0. The third-order valence-electron chi connectivity index (χ3n) is 9.28. The molecule has 0 aliphatic carbocycles. The number of carboxylic acid groups (broad SMARTS) is 1. The number of fused-ring (bicyclic) bond motifs is 2. The quantitative estimate of drug-likeness (QED) is 0.226. The van der Waals surface area contributed by atoms with Crippen molar-refractivity contribution in [1.29, 1.82) is 0 Å². The van der Waals surface area contributed by atoms with Crippen molar-refractivity contribution in [3.8, 4) is 11.5 Å². The van der Waals surface area contributed by atoms with Crippen LogP contribution in [0.25, 0.3) is 0 Å². The summed E-state index contributed by atoms with van der Waals surface area (Å²) in [5.74, 6) is 0.0847. The first-order valence-corrected chi connectivity index (χ1v) is 19.8. The molecule has 0 saturated carbocycles. The monoisotopic (exact) mass is 724 g/mol. The van der Waals surface area contributed by atoms with Crippen molar-refractivity contribution in [2.45, 2.75) is 75.3 Å². The predicted molar refractivity (Wildman–Crippen MR) is 177 cm³/mol. The number of benzene rings is 2. The Balaban J connectivity index is 1.46. The van der Waals surface area contributed by atoms with Crippen LogP contribution in [-0.2, 0) is 35.9 Å². The number of aliphatic hydroxyl groups is 1. The van der Waals surface area contributed by atoms with Crippen molar-refractivity contribution in [1.82, 2.24) is 13.9 Å². The van der Waals surface area contributed by atoms with Gasteiger partial charge in [-0.1, -0.05) is 56.7 Å². The minimum Gasteiger partial charge on any atom is -0.530 e. The van der Waals surface area contributed by atoms with Crippen LogP contribution in [0, 0.1) is 11.3 Å². The Hall–Kier alpha value is -2.99. The second-order valence-corrected chi connectivity index (χ2v) is 17.4. The van der Waals surface area contributed by atoms with Crippen LogP contribution < -0.4 is 19.3 Å². The molecule has 0 bridgehead atoms. The van der Waals surface area contributed by atoms with E-state index in [2.05, 4.69) is 4.72 Å². The average molecular weight is 725 g/mol. The molecule has 2 fully saturated rings. The number of nitrogens with one attached hydrogen (secondary N) is 1. The zero-order valence-corrected chi connectivity index (χ0v) is 29.7. The maximum absolute atomic E-state index is 14.5. The smallest absolute Gasteiger partial charge is 0.247 e. The molecular formula is C33H46N3O11S2-. The molecule has 2 aromatic rings. The molecule has 16 heteroatoms. The lowest BCUT2D eigenvalue weighted by molar-refractivity contribution is -0.273. The minimum absolute atomic E-state index is 0.0368. The van der Waals surface area contributed by atoms with E-state index in [0.29, 0.717) is 32.3 Å². The van der Waals surface area contributed by atoms with Gasteiger partial charge in [-0.25, -0.2) is 21.6 Å². The molecule has 2 N–H and O–H groups in total. The number of para-hydroxylation sites is 1. The molecular weight excluding hydrogens is 679 g/mol. The molecule has 2 saturated heterocycles. The van der Waals surface area contributed by atoms with Crippen molar-refractivity contribution in [3.63, 3.8) is 0 Å². The van der Waals surface area contributed by atoms with Gasteiger partial charge in [0, 0.05) is 25.6 Å². The minimum atomic E-state index is -4.34. The Labute approximate surface area is 288 Å². The van der Waals surface area contributed by atoms with Crippen molar-refractivity contribution < 1.29 is 50.8 Å².